The Hall–Kier alpha value is -1.20. The maximum absolute atomic E-state index is 13.0. The molecule has 2 aromatic carbocycles. The summed E-state index contributed by atoms with van der Waals surface area (Å²) in [6.45, 7) is 0.146. The zero-order valence-corrected chi connectivity index (χ0v) is 11.8. The molecule has 0 amide bonds. The number of halogens is 5. The van der Waals surface area contributed by atoms with Gasteiger partial charge in [0.25, 0.3) is 0 Å². The molecule has 0 bridgehead atoms. The minimum Gasteiger partial charge on any atom is -0.380 e. The first-order valence-electron chi connectivity index (χ1n) is 5.30. The van der Waals surface area contributed by atoms with Gasteiger partial charge in [0, 0.05) is 6.54 Å². The van der Waals surface area contributed by atoms with Crippen LogP contribution in [0, 0.1) is 17.5 Å². The van der Waals surface area contributed by atoms with E-state index in [0.29, 0.717) is 20.7 Å². The van der Waals surface area contributed by atoms with Gasteiger partial charge in [-0.25, -0.2) is 13.2 Å². The summed E-state index contributed by atoms with van der Waals surface area (Å²) in [4.78, 5) is 0. The third-order valence-corrected chi connectivity index (χ3v) is 3.88. The highest BCUT2D eigenvalue weighted by molar-refractivity contribution is 9.10. The van der Waals surface area contributed by atoms with E-state index in [0.717, 1.165) is 12.1 Å². The molecule has 0 spiro atoms. The molecule has 2 rings (SSSR count). The van der Waals surface area contributed by atoms with Gasteiger partial charge in [0.15, 0.2) is 17.5 Å². The Morgan fingerprint density at radius 3 is 2.37 bits per heavy atom. The molecule has 0 aromatic heterocycles. The molecule has 0 heterocycles. The van der Waals surface area contributed by atoms with E-state index in [-0.39, 0.29) is 6.54 Å². The third-order valence-electron chi connectivity index (χ3n) is 2.48. The van der Waals surface area contributed by atoms with Crippen LogP contribution >= 0.6 is 27.5 Å². The molecule has 6 heteroatoms. The van der Waals surface area contributed by atoms with Crippen molar-refractivity contribution in [1.82, 2.24) is 0 Å². The first kappa shape index (κ1) is 14.2. The molecule has 0 atom stereocenters. The monoisotopic (exact) mass is 349 g/mol. The summed E-state index contributed by atoms with van der Waals surface area (Å²) < 4.78 is 39.5. The van der Waals surface area contributed by atoms with Crippen LogP contribution < -0.4 is 5.32 Å². The predicted molar refractivity (Wildman–Crippen MR) is 72.8 cm³/mol. The van der Waals surface area contributed by atoms with Gasteiger partial charge in [0.05, 0.1) is 15.2 Å². The van der Waals surface area contributed by atoms with Gasteiger partial charge in [0.2, 0.25) is 0 Å². The van der Waals surface area contributed by atoms with Gasteiger partial charge in [-0.2, -0.15) is 0 Å². The first-order chi connectivity index (χ1) is 8.99. The van der Waals surface area contributed by atoms with Crippen molar-refractivity contribution >= 4 is 33.2 Å². The fourth-order valence-corrected chi connectivity index (χ4v) is 2.13. The molecule has 0 unspecified atom stereocenters. The Kier molecular flexibility index (Phi) is 4.37. The molecule has 0 aliphatic heterocycles. The van der Waals surface area contributed by atoms with Gasteiger partial charge in [-0.05, 0) is 45.8 Å². The molecule has 0 aliphatic carbocycles. The Bertz CT molecular complexity index is 596. The summed E-state index contributed by atoms with van der Waals surface area (Å²) in [5, 5.41) is 3.47. The maximum Gasteiger partial charge on any atom is 0.194 e. The highest BCUT2D eigenvalue weighted by atomic mass is 79.9. The zero-order chi connectivity index (χ0) is 14.0. The summed E-state index contributed by atoms with van der Waals surface area (Å²) in [5.41, 5.74) is 0.973. The van der Waals surface area contributed by atoms with Crippen molar-refractivity contribution in [3.8, 4) is 0 Å². The molecule has 19 heavy (non-hydrogen) atoms. The lowest BCUT2D eigenvalue weighted by atomic mass is 10.2. The standard InChI is InChI=1S/C13H8BrClF3N/c14-12-8(15)2-1-3-11(12)19-6-7-4-9(16)13(18)10(17)5-7/h1-5,19H,6H2. The first-order valence-corrected chi connectivity index (χ1v) is 6.47. The van der Waals surface area contributed by atoms with Crippen molar-refractivity contribution in [2.75, 3.05) is 5.32 Å². The van der Waals surface area contributed by atoms with Gasteiger partial charge in [-0.3, -0.25) is 0 Å². The topological polar surface area (TPSA) is 12.0 Å². The summed E-state index contributed by atoms with van der Waals surface area (Å²) in [6, 6.07) is 7.09. The van der Waals surface area contributed by atoms with Crippen molar-refractivity contribution in [3.05, 3.63) is 62.8 Å². The molecule has 1 N–H and O–H groups in total. The SMILES string of the molecule is Fc1cc(CNc2cccc(Cl)c2Br)cc(F)c1F. The van der Waals surface area contributed by atoms with Gasteiger partial charge >= 0.3 is 0 Å². The van der Waals surface area contributed by atoms with E-state index in [2.05, 4.69) is 21.2 Å². The van der Waals surface area contributed by atoms with Crippen LogP contribution in [-0.4, -0.2) is 0 Å². The number of hydrogen-bond acceptors (Lipinski definition) is 1. The lowest BCUT2D eigenvalue weighted by Gasteiger charge is -2.10. The lowest BCUT2D eigenvalue weighted by molar-refractivity contribution is 0.445. The predicted octanol–water partition coefficient (Wildman–Crippen LogP) is 5.13. The summed E-state index contributed by atoms with van der Waals surface area (Å²) >= 11 is 9.20. The second kappa shape index (κ2) is 5.84. The fraction of sp³-hybridized carbons (Fsp3) is 0.0769. The maximum atomic E-state index is 13.0. The van der Waals surface area contributed by atoms with E-state index in [9.17, 15) is 13.2 Å². The van der Waals surface area contributed by atoms with Gasteiger partial charge in [-0.1, -0.05) is 17.7 Å². The quantitative estimate of drug-likeness (QED) is 0.757. The summed E-state index contributed by atoms with van der Waals surface area (Å²) in [7, 11) is 0. The van der Waals surface area contributed by atoms with Gasteiger partial charge < -0.3 is 5.32 Å². The van der Waals surface area contributed by atoms with Crippen LogP contribution in [0.15, 0.2) is 34.8 Å². The normalized spacial score (nSPS) is 10.6. The van der Waals surface area contributed by atoms with Crippen LogP contribution in [-0.2, 0) is 6.54 Å². The average Bonchev–Trinajstić information content (AvgIpc) is 2.37. The van der Waals surface area contributed by atoms with Crippen LogP contribution in [0.4, 0.5) is 18.9 Å². The van der Waals surface area contributed by atoms with E-state index in [4.69, 9.17) is 11.6 Å². The summed E-state index contributed by atoms with van der Waals surface area (Å²) in [5.74, 6) is -3.88. The van der Waals surface area contributed by atoms with Crippen molar-refractivity contribution in [3.63, 3.8) is 0 Å². The largest absolute Gasteiger partial charge is 0.380 e. The molecular weight excluding hydrogens is 343 g/mol. The number of rotatable bonds is 3. The number of hydrogen-bond donors (Lipinski definition) is 1. The number of benzene rings is 2. The van der Waals surface area contributed by atoms with Gasteiger partial charge in [0.1, 0.15) is 0 Å². The Balaban J connectivity index is 2.17. The average molecular weight is 351 g/mol. The van der Waals surface area contributed by atoms with E-state index < -0.39 is 17.5 Å². The minimum absolute atomic E-state index is 0.146. The third kappa shape index (κ3) is 3.22. The van der Waals surface area contributed by atoms with Crippen LogP contribution in [0.1, 0.15) is 5.56 Å². The van der Waals surface area contributed by atoms with Gasteiger partial charge in [-0.15, -0.1) is 0 Å². The lowest BCUT2D eigenvalue weighted by Crippen LogP contribution is -2.03. The second-order valence-electron chi connectivity index (χ2n) is 3.83. The van der Waals surface area contributed by atoms with Crippen molar-refractivity contribution in [2.24, 2.45) is 0 Å². The highest BCUT2D eigenvalue weighted by Crippen LogP contribution is 2.30. The second-order valence-corrected chi connectivity index (χ2v) is 5.03. The molecule has 1 nitrogen and oxygen atoms in total. The van der Waals surface area contributed by atoms with Crippen molar-refractivity contribution < 1.29 is 13.2 Å². The van der Waals surface area contributed by atoms with Crippen molar-refractivity contribution in [2.45, 2.75) is 6.54 Å². The van der Waals surface area contributed by atoms with E-state index in [1.807, 2.05) is 0 Å². The van der Waals surface area contributed by atoms with Crippen LogP contribution in [0.2, 0.25) is 5.02 Å². The summed E-state index contributed by atoms with van der Waals surface area (Å²) in [6.07, 6.45) is 0. The molecule has 0 saturated carbocycles. The Morgan fingerprint density at radius 1 is 1.11 bits per heavy atom. The number of nitrogens with one attached hydrogen (secondary N) is 1. The van der Waals surface area contributed by atoms with E-state index in [1.54, 1.807) is 18.2 Å². The van der Waals surface area contributed by atoms with Crippen LogP contribution in [0.5, 0.6) is 0 Å². The highest BCUT2D eigenvalue weighted by Gasteiger charge is 2.11. The van der Waals surface area contributed by atoms with E-state index in [1.165, 1.54) is 0 Å². The Labute approximate surface area is 121 Å². The number of anilines is 1. The molecule has 0 aliphatic rings. The molecule has 0 fully saturated rings. The molecule has 100 valence electrons. The van der Waals surface area contributed by atoms with Crippen LogP contribution in [0.3, 0.4) is 0 Å². The van der Waals surface area contributed by atoms with E-state index >= 15 is 0 Å². The van der Waals surface area contributed by atoms with Crippen LogP contribution in [0.25, 0.3) is 0 Å². The molecule has 0 saturated heterocycles. The molecular formula is C13H8BrClF3N. The smallest absolute Gasteiger partial charge is 0.194 e. The fourth-order valence-electron chi connectivity index (χ4n) is 1.55. The molecule has 2 aromatic rings. The minimum atomic E-state index is -1.47. The zero-order valence-electron chi connectivity index (χ0n) is 9.48. The Morgan fingerprint density at radius 2 is 1.74 bits per heavy atom. The molecule has 0 radical (unpaired) electrons. The van der Waals surface area contributed by atoms with Crippen molar-refractivity contribution in [1.29, 1.82) is 0 Å².